The third-order valence-electron chi connectivity index (χ3n) is 3.72. The average molecular weight is 396 g/mol. The predicted octanol–water partition coefficient (Wildman–Crippen LogP) is 2.44. The number of sulfone groups is 1. The SMILES string of the molecule is Cc1ccc(S(C)(=O)=O)cc1NC(=O)CCNC(=O)c1ccc(F)cc1F. The third kappa shape index (κ3) is 5.58. The molecule has 0 aliphatic carbocycles. The second-order valence-corrected chi connectivity index (χ2v) is 7.94. The Hall–Kier alpha value is -2.81. The van der Waals surface area contributed by atoms with Crippen LogP contribution in [-0.2, 0) is 14.6 Å². The van der Waals surface area contributed by atoms with Crippen LogP contribution in [0.3, 0.4) is 0 Å². The lowest BCUT2D eigenvalue weighted by atomic mass is 10.2. The molecule has 0 radical (unpaired) electrons. The molecule has 2 amide bonds. The monoisotopic (exact) mass is 396 g/mol. The lowest BCUT2D eigenvalue weighted by Crippen LogP contribution is -2.28. The van der Waals surface area contributed by atoms with E-state index in [1.807, 2.05) is 0 Å². The summed E-state index contributed by atoms with van der Waals surface area (Å²) in [4.78, 5) is 23.9. The summed E-state index contributed by atoms with van der Waals surface area (Å²) in [7, 11) is -3.41. The highest BCUT2D eigenvalue weighted by Gasteiger charge is 2.14. The molecule has 0 aromatic heterocycles. The van der Waals surface area contributed by atoms with Crippen LogP contribution in [0.25, 0.3) is 0 Å². The largest absolute Gasteiger partial charge is 0.351 e. The second kappa shape index (κ2) is 8.26. The third-order valence-corrected chi connectivity index (χ3v) is 4.83. The van der Waals surface area contributed by atoms with Crippen molar-refractivity contribution in [3.63, 3.8) is 0 Å². The van der Waals surface area contributed by atoms with Crippen molar-refractivity contribution in [3.8, 4) is 0 Å². The van der Waals surface area contributed by atoms with Crippen LogP contribution in [-0.4, -0.2) is 33.0 Å². The quantitative estimate of drug-likeness (QED) is 0.785. The Morgan fingerprint density at radius 2 is 1.78 bits per heavy atom. The van der Waals surface area contributed by atoms with Gasteiger partial charge < -0.3 is 10.6 Å². The lowest BCUT2D eigenvalue weighted by Gasteiger charge is -2.11. The van der Waals surface area contributed by atoms with Crippen molar-refractivity contribution in [3.05, 3.63) is 59.2 Å². The van der Waals surface area contributed by atoms with E-state index in [0.29, 0.717) is 17.3 Å². The summed E-state index contributed by atoms with van der Waals surface area (Å²) in [5, 5.41) is 4.94. The molecule has 0 aliphatic heterocycles. The Bertz CT molecular complexity index is 991. The van der Waals surface area contributed by atoms with Gasteiger partial charge in [-0.2, -0.15) is 0 Å². The molecule has 0 saturated heterocycles. The van der Waals surface area contributed by atoms with Gasteiger partial charge >= 0.3 is 0 Å². The van der Waals surface area contributed by atoms with Gasteiger partial charge in [-0.15, -0.1) is 0 Å². The van der Waals surface area contributed by atoms with Gasteiger partial charge in [-0.1, -0.05) is 6.07 Å². The molecule has 27 heavy (non-hydrogen) atoms. The van der Waals surface area contributed by atoms with Crippen LogP contribution < -0.4 is 10.6 Å². The maximum absolute atomic E-state index is 13.5. The van der Waals surface area contributed by atoms with E-state index in [0.717, 1.165) is 18.4 Å². The van der Waals surface area contributed by atoms with Crippen LogP contribution >= 0.6 is 0 Å². The molecule has 0 saturated carbocycles. The van der Waals surface area contributed by atoms with Crippen LogP contribution in [0.2, 0.25) is 0 Å². The zero-order valence-corrected chi connectivity index (χ0v) is 15.5. The summed E-state index contributed by atoms with van der Waals surface area (Å²) in [6.07, 6.45) is 0.949. The molecule has 2 N–H and O–H groups in total. The molecule has 0 heterocycles. The number of benzene rings is 2. The van der Waals surface area contributed by atoms with Crippen molar-refractivity contribution in [1.82, 2.24) is 5.32 Å². The van der Waals surface area contributed by atoms with E-state index in [4.69, 9.17) is 0 Å². The molecule has 0 spiro atoms. The molecule has 2 aromatic carbocycles. The molecular formula is C18H18F2N2O4S. The average Bonchev–Trinajstić information content (AvgIpc) is 2.55. The number of anilines is 1. The molecular weight excluding hydrogens is 378 g/mol. The van der Waals surface area contributed by atoms with Crippen LogP contribution in [0.15, 0.2) is 41.3 Å². The zero-order valence-electron chi connectivity index (χ0n) is 14.7. The maximum Gasteiger partial charge on any atom is 0.254 e. The van der Waals surface area contributed by atoms with Gasteiger partial charge in [0.25, 0.3) is 5.91 Å². The van der Waals surface area contributed by atoms with E-state index in [9.17, 15) is 26.8 Å². The summed E-state index contributed by atoms with van der Waals surface area (Å²) in [6, 6.07) is 6.94. The smallest absolute Gasteiger partial charge is 0.254 e. The molecule has 0 bridgehead atoms. The first-order chi connectivity index (χ1) is 12.6. The number of rotatable bonds is 6. The van der Waals surface area contributed by atoms with Gasteiger partial charge in [0.15, 0.2) is 9.84 Å². The highest BCUT2D eigenvalue weighted by atomic mass is 32.2. The minimum Gasteiger partial charge on any atom is -0.351 e. The molecule has 0 unspecified atom stereocenters. The zero-order chi connectivity index (χ0) is 20.2. The predicted molar refractivity (Wildman–Crippen MR) is 96.2 cm³/mol. The maximum atomic E-state index is 13.5. The van der Waals surface area contributed by atoms with Crippen molar-refractivity contribution >= 4 is 27.3 Å². The fourth-order valence-electron chi connectivity index (χ4n) is 2.24. The minimum absolute atomic E-state index is 0.0727. The Labute approximate surface area is 155 Å². The van der Waals surface area contributed by atoms with E-state index >= 15 is 0 Å². The number of hydrogen-bond acceptors (Lipinski definition) is 4. The van der Waals surface area contributed by atoms with Gasteiger partial charge in [-0.25, -0.2) is 17.2 Å². The lowest BCUT2D eigenvalue weighted by molar-refractivity contribution is -0.116. The fourth-order valence-corrected chi connectivity index (χ4v) is 2.88. The van der Waals surface area contributed by atoms with Gasteiger partial charge in [0, 0.05) is 31.0 Å². The Morgan fingerprint density at radius 1 is 1.07 bits per heavy atom. The second-order valence-electron chi connectivity index (χ2n) is 5.93. The number of hydrogen-bond donors (Lipinski definition) is 2. The van der Waals surface area contributed by atoms with Crippen LogP contribution in [0.5, 0.6) is 0 Å². The van der Waals surface area contributed by atoms with E-state index in [-0.39, 0.29) is 23.4 Å². The van der Waals surface area contributed by atoms with E-state index < -0.39 is 33.3 Å². The first-order valence-electron chi connectivity index (χ1n) is 7.92. The van der Waals surface area contributed by atoms with Crippen molar-refractivity contribution in [2.45, 2.75) is 18.2 Å². The Balaban J connectivity index is 1.94. The summed E-state index contributed by atoms with van der Waals surface area (Å²) < 4.78 is 49.6. The Morgan fingerprint density at radius 3 is 2.41 bits per heavy atom. The van der Waals surface area contributed by atoms with Gasteiger partial charge in [-0.3, -0.25) is 9.59 Å². The van der Waals surface area contributed by atoms with Gasteiger partial charge in [-0.05, 0) is 36.8 Å². The standard InChI is InChI=1S/C18H18F2N2O4S/c1-11-3-5-13(27(2,25)26)10-16(11)22-17(23)7-8-21-18(24)14-6-4-12(19)9-15(14)20/h3-6,9-10H,7-8H2,1-2H3,(H,21,24)(H,22,23). The summed E-state index contributed by atoms with van der Waals surface area (Å²) >= 11 is 0. The summed E-state index contributed by atoms with van der Waals surface area (Å²) in [5.74, 6) is -3.01. The van der Waals surface area contributed by atoms with E-state index in [1.54, 1.807) is 13.0 Å². The van der Waals surface area contributed by atoms with Gasteiger partial charge in [0.05, 0.1) is 10.5 Å². The van der Waals surface area contributed by atoms with E-state index in [1.165, 1.54) is 12.1 Å². The van der Waals surface area contributed by atoms with Crippen molar-refractivity contribution in [2.75, 3.05) is 18.1 Å². The molecule has 6 nitrogen and oxygen atoms in total. The van der Waals surface area contributed by atoms with Crippen LogP contribution in [0, 0.1) is 18.6 Å². The molecule has 0 atom stereocenters. The van der Waals surface area contributed by atoms with Crippen molar-refractivity contribution in [2.24, 2.45) is 0 Å². The van der Waals surface area contributed by atoms with Crippen LogP contribution in [0.1, 0.15) is 22.3 Å². The molecule has 2 rings (SSSR count). The van der Waals surface area contributed by atoms with Gasteiger partial charge in [0.2, 0.25) is 5.91 Å². The Kier molecular flexibility index (Phi) is 6.27. The molecule has 144 valence electrons. The topological polar surface area (TPSA) is 92.3 Å². The number of nitrogens with one attached hydrogen (secondary N) is 2. The molecule has 9 heteroatoms. The first kappa shape index (κ1) is 20.5. The number of amides is 2. The number of carbonyl (C=O) groups excluding carboxylic acids is 2. The van der Waals surface area contributed by atoms with Crippen LogP contribution in [0.4, 0.5) is 14.5 Å². The summed E-state index contributed by atoms with van der Waals surface area (Å²) in [6.45, 7) is 1.63. The number of halogens is 2. The molecule has 2 aromatic rings. The highest BCUT2D eigenvalue weighted by Crippen LogP contribution is 2.20. The van der Waals surface area contributed by atoms with E-state index in [2.05, 4.69) is 10.6 Å². The normalized spacial score (nSPS) is 11.1. The fraction of sp³-hybridized carbons (Fsp3) is 0.222. The molecule has 0 aliphatic rings. The van der Waals surface area contributed by atoms with Crippen molar-refractivity contribution < 1.29 is 26.8 Å². The van der Waals surface area contributed by atoms with Crippen molar-refractivity contribution in [1.29, 1.82) is 0 Å². The van der Waals surface area contributed by atoms with Gasteiger partial charge in [0.1, 0.15) is 11.6 Å². The minimum atomic E-state index is -3.41. The summed E-state index contributed by atoms with van der Waals surface area (Å²) in [5.41, 5.74) is 0.695. The molecule has 0 fully saturated rings. The highest BCUT2D eigenvalue weighted by molar-refractivity contribution is 7.90. The first-order valence-corrected chi connectivity index (χ1v) is 9.81. The number of carbonyl (C=O) groups is 2. The number of aryl methyl sites for hydroxylation is 1.